The first kappa shape index (κ1) is 28.4. The summed E-state index contributed by atoms with van der Waals surface area (Å²) >= 11 is 6.51. The van der Waals surface area contributed by atoms with Crippen LogP contribution in [0.1, 0.15) is 61.3 Å². The van der Waals surface area contributed by atoms with E-state index in [0.29, 0.717) is 17.7 Å². The van der Waals surface area contributed by atoms with E-state index in [2.05, 4.69) is 110 Å². The molecule has 38 heavy (non-hydrogen) atoms. The second-order valence-corrected chi connectivity index (χ2v) is 10.2. The molecule has 2 aliphatic rings. The maximum absolute atomic E-state index is 6.51. The number of halogens is 1. The second kappa shape index (κ2) is 12.9. The first-order chi connectivity index (χ1) is 18.2. The van der Waals surface area contributed by atoms with Crippen molar-refractivity contribution in [3.8, 4) is 22.3 Å². The van der Waals surface area contributed by atoms with Crippen LogP contribution in [0.25, 0.3) is 22.3 Å². The summed E-state index contributed by atoms with van der Waals surface area (Å²) in [6.45, 7) is 6.22. The Morgan fingerprint density at radius 1 is 0.632 bits per heavy atom. The average molecular weight is 551 g/mol. The minimum Gasteiger partial charge on any atom is -0.127 e. The van der Waals surface area contributed by atoms with Crippen LogP contribution in [0.3, 0.4) is 0 Å². The molecular formula is C36H35ClTi. The van der Waals surface area contributed by atoms with Gasteiger partial charge in [0.1, 0.15) is 0 Å². The predicted octanol–water partition coefficient (Wildman–Crippen LogP) is 10.4. The fraction of sp³-hybridized carbons (Fsp3) is 0.222. The van der Waals surface area contributed by atoms with Crippen LogP contribution in [-0.4, -0.2) is 5.88 Å². The fourth-order valence-corrected chi connectivity index (χ4v) is 6.62. The Kier molecular flexibility index (Phi) is 9.66. The van der Waals surface area contributed by atoms with Gasteiger partial charge in [0.25, 0.3) is 0 Å². The molecule has 0 bridgehead atoms. The molecule has 1 atom stereocenters. The van der Waals surface area contributed by atoms with Crippen LogP contribution in [0.2, 0.25) is 0 Å². The number of allylic oxidation sites excluding steroid dienone is 4. The molecule has 0 heterocycles. The summed E-state index contributed by atoms with van der Waals surface area (Å²) in [7, 11) is 0. The Bertz CT molecular complexity index is 1350. The summed E-state index contributed by atoms with van der Waals surface area (Å²) in [6, 6.07) is 35.8. The Morgan fingerprint density at radius 2 is 1.00 bits per heavy atom. The van der Waals surface area contributed by atoms with Gasteiger partial charge in [0, 0.05) is 39.4 Å². The molecule has 0 amide bonds. The molecule has 0 radical (unpaired) electrons. The third kappa shape index (κ3) is 5.03. The van der Waals surface area contributed by atoms with Gasteiger partial charge in [-0.15, -0.1) is 11.6 Å². The van der Waals surface area contributed by atoms with Crippen LogP contribution in [0, 0.1) is 5.92 Å². The van der Waals surface area contributed by atoms with Crippen molar-refractivity contribution in [2.75, 3.05) is 5.88 Å². The molecule has 0 N–H and O–H groups in total. The van der Waals surface area contributed by atoms with E-state index in [1.807, 2.05) is 26.0 Å². The van der Waals surface area contributed by atoms with Crippen LogP contribution in [-0.2, 0) is 21.7 Å². The van der Waals surface area contributed by atoms with Gasteiger partial charge in [-0.2, -0.15) is 0 Å². The fourth-order valence-electron chi connectivity index (χ4n) is 6.38. The third-order valence-electron chi connectivity index (χ3n) is 7.97. The number of benzene rings is 4. The van der Waals surface area contributed by atoms with Gasteiger partial charge in [-0.3, -0.25) is 0 Å². The van der Waals surface area contributed by atoms with Crippen molar-refractivity contribution < 1.29 is 21.7 Å². The van der Waals surface area contributed by atoms with E-state index in [-0.39, 0.29) is 27.6 Å². The van der Waals surface area contributed by atoms with Crippen LogP contribution >= 0.6 is 11.6 Å². The molecule has 0 saturated carbocycles. The molecule has 0 nitrogen and oxygen atoms in total. The number of rotatable bonds is 5. The van der Waals surface area contributed by atoms with E-state index < -0.39 is 0 Å². The molecule has 4 aromatic carbocycles. The number of alkyl halides is 1. The maximum atomic E-state index is 6.51. The molecule has 1 unspecified atom stereocenters. The zero-order valence-corrected chi connectivity index (χ0v) is 24.8. The largest absolute Gasteiger partial charge is 0.127 e. The first-order valence-corrected chi connectivity index (χ1v) is 13.9. The first-order valence-electron chi connectivity index (χ1n) is 13.4. The molecule has 0 spiro atoms. The summed E-state index contributed by atoms with van der Waals surface area (Å²) in [5.74, 6) is 1.58. The number of hydrogen-bond donors (Lipinski definition) is 0. The van der Waals surface area contributed by atoms with Crippen molar-refractivity contribution in [3.05, 3.63) is 143 Å². The van der Waals surface area contributed by atoms with E-state index in [1.165, 1.54) is 50.1 Å². The van der Waals surface area contributed by atoms with E-state index in [4.69, 9.17) is 11.6 Å². The monoisotopic (exact) mass is 550 g/mol. The van der Waals surface area contributed by atoms with Crippen LogP contribution in [0.4, 0.5) is 0 Å². The van der Waals surface area contributed by atoms with Crippen molar-refractivity contribution in [3.63, 3.8) is 0 Å². The minimum absolute atomic E-state index is 0. The van der Waals surface area contributed by atoms with Gasteiger partial charge in [-0.1, -0.05) is 121 Å². The second-order valence-electron chi connectivity index (χ2n) is 9.80. The van der Waals surface area contributed by atoms with Gasteiger partial charge in [0.05, 0.1) is 0 Å². The van der Waals surface area contributed by atoms with E-state index in [9.17, 15) is 0 Å². The normalized spacial score (nSPS) is 14.6. The number of fused-ring (bicyclic) bond motifs is 6. The maximum Gasteiger partial charge on any atom is 0.0314 e. The van der Waals surface area contributed by atoms with Crippen molar-refractivity contribution in [2.24, 2.45) is 5.92 Å². The zero-order valence-electron chi connectivity index (χ0n) is 22.5. The van der Waals surface area contributed by atoms with E-state index >= 15 is 0 Å². The Hall–Kier alpha value is -2.64. The smallest absolute Gasteiger partial charge is 0.0314 e. The van der Waals surface area contributed by atoms with Gasteiger partial charge < -0.3 is 0 Å². The third-order valence-corrected chi connectivity index (χ3v) is 8.18. The standard InChI is InChI=1S/C32H27Cl.C4H8.Ti/c1-2-21(31-26-15-7-3-11-22(26)23-12-4-8-16-27(23)31)30(19-20-33)32-28-17-9-5-13-24(28)25-14-6-10-18-29(25)32;1-3-4-2;/h2-18,30-32H,19-20H2,1H3;3-4H,1-2H3;. The molecule has 6 rings (SSSR count). The topological polar surface area (TPSA) is 0 Å². The van der Waals surface area contributed by atoms with Gasteiger partial charge in [-0.05, 0) is 77.6 Å². The van der Waals surface area contributed by atoms with Crippen molar-refractivity contribution >= 4 is 11.6 Å². The average Bonchev–Trinajstić information content (AvgIpc) is 3.47. The Balaban J connectivity index is 0.000000630. The van der Waals surface area contributed by atoms with Gasteiger partial charge in [0.2, 0.25) is 0 Å². The summed E-state index contributed by atoms with van der Waals surface area (Å²) < 4.78 is 0. The summed E-state index contributed by atoms with van der Waals surface area (Å²) in [5, 5.41) is 0. The van der Waals surface area contributed by atoms with E-state index in [1.54, 1.807) is 0 Å². The Morgan fingerprint density at radius 3 is 1.37 bits per heavy atom. The molecule has 0 saturated heterocycles. The zero-order chi connectivity index (χ0) is 25.8. The molecule has 190 valence electrons. The molecule has 2 aliphatic carbocycles. The van der Waals surface area contributed by atoms with Crippen molar-refractivity contribution in [1.29, 1.82) is 0 Å². The molecule has 0 fully saturated rings. The summed E-state index contributed by atoms with van der Waals surface area (Å²) in [6.07, 6.45) is 7.33. The number of hydrogen-bond acceptors (Lipinski definition) is 0. The van der Waals surface area contributed by atoms with Crippen LogP contribution in [0.5, 0.6) is 0 Å². The van der Waals surface area contributed by atoms with Crippen molar-refractivity contribution in [1.82, 2.24) is 0 Å². The van der Waals surface area contributed by atoms with Crippen LogP contribution in [0.15, 0.2) is 121 Å². The summed E-state index contributed by atoms with van der Waals surface area (Å²) in [5.41, 5.74) is 12.7. The van der Waals surface area contributed by atoms with Crippen molar-refractivity contribution in [2.45, 2.75) is 39.0 Å². The van der Waals surface area contributed by atoms with Gasteiger partial charge in [-0.25, -0.2) is 0 Å². The molecule has 0 aliphatic heterocycles. The van der Waals surface area contributed by atoms with Crippen LogP contribution < -0.4 is 0 Å². The van der Waals surface area contributed by atoms with Gasteiger partial charge >= 0.3 is 0 Å². The Labute approximate surface area is 248 Å². The minimum atomic E-state index is 0. The molecule has 0 aromatic heterocycles. The SMILES string of the molecule is CC=C(C1c2ccccc2-c2ccccc21)C(CCCl)C1c2ccccc2-c2ccccc21.CC=CC.[Ti]. The van der Waals surface area contributed by atoms with Gasteiger partial charge in [0.15, 0.2) is 0 Å². The predicted molar refractivity (Wildman–Crippen MR) is 161 cm³/mol. The summed E-state index contributed by atoms with van der Waals surface area (Å²) in [4.78, 5) is 0. The quantitative estimate of drug-likeness (QED) is 0.132. The molecule has 2 heteroatoms. The molecule has 4 aromatic rings. The molecular weight excluding hydrogens is 516 g/mol. The van der Waals surface area contributed by atoms with E-state index in [0.717, 1.165) is 6.42 Å².